The zero-order valence-electron chi connectivity index (χ0n) is 8.40. The Hall–Kier alpha value is -1.07. The summed E-state index contributed by atoms with van der Waals surface area (Å²) < 4.78 is 0.818. The highest BCUT2D eigenvalue weighted by atomic mass is 79.9. The Balaban J connectivity index is 2.87. The topological polar surface area (TPSA) is 66.6 Å². The van der Waals surface area contributed by atoms with Gasteiger partial charge in [-0.15, -0.1) is 0 Å². The number of amides is 1. The smallest absolute Gasteiger partial charge is 0.236 e. The van der Waals surface area contributed by atoms with Gasteiger partial charge in [0.15, 0.2) is 0 Å². The molecule has 0 aromatic heterocycles. The molecule has 0 radical (unpaired) electrons. The van der Waals surface area contributed by atoms with Gasteiger partial charge in [-0.1, -0.05) is 22.0 Å². The van der Waals surface area contributed by atoms with Gasteiger partial charge in [-0.2, -0.15) is 0 Å². The lowest BCUT2D eigenvalue weighted by molar-refractivity contribution is -0.116. The maximum absolute atomic E-state index is 10.7. The summed E-state index contributed by atoms with van der Waals surface area (Å²) in [6, 6.07) is 5.48. The lowest BCUT2D eigenvalue weighted by Crippen LogP contribution is -2.30. The van der Waals surface area contributed by atoms with Crippen LogP contribution in [-0.2, 0) is 11.4 Å². The third-order valence-electron chi connectivity index (χ3n) is 2.04. The van der Waals surface area contributed by atoms with Gasteiger partial charge >= 0.3 is 0 Å². The van der Waals surface area contributed by atoms with Gasteiger partial charge in [0.2, 0.25) is 5.91 Å². The Labute approximate surface area is 96.8 Å². The number of primary amides is 1. The molecule has 0 aliphatic rings. The highest BCUT2D eigenvalue weighted by Gasteiger charge is 2.06. The van der Waals surface area contributed by atoms with Gasteiger partial charge < -0.3 is 15.7 Å². The fourth-order valence-corrected chi connectivity index (χ4v) is 1.72. The first kappa shape index (κ1) is 12.0. The Morgan fingerprint density at radius 2 is 2.27 bits per heavy atom. The molecule has 0 unspecified atom stereocenters. The van der Waals surface area contributed by atoms with Crippen LogP contribution in [-0.4, -0.2) is 24.6 Å². The van der Waals surface area contributed by atoms with E-state index in [1.54, 1.807) is 18.0 Å². The summed E-state index contributed by atoms with van der Waals surface area (Å²) in [7, 11) is 1.78. The van der Waals surface area contributed by atoms with Gasteiger partial charge in [-0.25, -0.2) is 0 Å². The van der Waals surface area contributed by atoms with E-state index in [4.69, 9.17) is 10.8 Å². The quantitative estimate of drug-likeness (QED) is 0.855. The summed E-state index contributed by atoms with van der Waals surface area (Å²) in [6.07, 6.45) is 0. The molecule has 1 amide bonds. The normalized spacial score (nSPS) is 10.1. The molecule has 1 aromatic carbocycles. The summed E-state index contributed by atoms with van der Waals surface area (Å²) in [6.45, 7) is 0.158. The minimum absolute atomic E-state index is 0.0135. The first-order valence-corrected chi connectivity index (χ1v) is 5.22. The molecule has 0 bridgehead atoms. The number of halogens is 1. The molecule has 0 atom stereocenters. The molecule has 4 nitrogen and oxygen atoms in total. The number of hydrogen-bond acceptors (Lipinski definition) is 3. The number of likely N-dealkylation sites (N-methyl/N-ethyl adjacent to an activating group) is 1. The third-order valence-corrected chi connectivity index (χ3v) is 2.78. The molecule has 0 saturated carbocycles. The maximum atomic E-state index is 10.7. The Bertz CT molecular complexity index is 368. The minimum Gasteiger partial charge on any atom is -0.392 e. The molecule has 15 heavy (non-hydrogen) atoms. The molecular weight excluding hydrogens is 260 g/mol. The van der Waals surface area contributed by atoms with Gasteiger partial charge in [0.1, 0.15) is 0 Å². The Morgan fingerprint density at radius 3 is 2.73 bits per heavy atom. The first-order valence-electron chi connectivity index (χ1n) is 4.43. The minimum atomic E-state index is -0.375. The molecule has 0 spiro atoms. The fourth-order valence-electron chi connectivity index (χ4n) is 1.23. The summed E-state index contributed by atoms with van der Waals surface area (Å²) in [5.74, 6) is -0.375. The summed E-state index contributed by atoms with van der Waals surface area (Å²) in [4.78, 5) is 12.5. The number of aliphatic hydroxyl groups excluding tert-OH is 1. The number of anilines is 1. The van der Waals surface area contributed by atoms with E-state index in [0.717, 1.165) is 15.7 Å². The van der Waals surface area contributed by atoms with Crippen LogP contribution >= 0.6 is 15.9 Å². The van der Waals surface area contributed by atoms with Gasteiger partial charge in [0.25, 0.3) is 0 Å². The monoisotopic (exact) mass is 272 g/mol. The maximum Gasteiger partial charge on any atom is 0.236 e. The second-order valence-electron chi connectivity index (χ2n) is 3.26. The second kappa shape index (κ2) is 5.14. The highest BCUT2D eigenvalue weighted by Crippen LogP contribution is 2.23. The van der Waals surface area contributed by atoms with Crippen molar-refractivity contribution in [3.05, 3.63) is 28.2 Å². The van der Waals surface area contributed by atoms with Crippen molar-refractivity contribution in [2.45, 2.75) is 6.61 Å². The van der Waals surface area contributed by atoms with Crippen LogP contribution in [0.3, 0.4) is 0 Å². The van der Waals surface area contributed by atoms with Crippen LogP contribution in [0.4, 0.5) is 5.69 Å². The predicted molar refractivity (Wildman–Crippen MR) is 62.5 cm³/mol. The average Bonchev–Trinajstić information content (AvgIpc) is 2.16. The summed E-state index contributed by atoms with van der Waals surface area (Å²) in [5.41, 5.74) is 6.78. The molecule has 1 aromatic rings. The van der Waals surface area contributed by atoms with Crippen LogP contribution in [0.5, 0.6) is 0 Å². The van der Waals surface area contributed by atoms with Crippen molar-refractivity contribution in [2.24, 2.45) is 5.73 Å². The van der Waals surface area contributed by atoms with Crippen molar-refractivity contribution < 1.29 is 9.90 Å². The van der Waals surface area contributed by atoms with E-state index in [9.17, 15) is 4.79 Å². The van der Waals surface area contributed by atoms with Crippen LogP contribution in [0.15, 0.2) is 22.7 Å². The molecular formula is C10H13BrN2O2. The van der Waals surface area contributed by atoms with E-state index >= 15 is 0 Å². The van der Waals surface area contributed by atoms with E-state index in [-0.39, 0.29) is 19.1 Å². The van der Waals surface area contributed by atoms with Crippen molar-refractivity contribution in [2.75, 3.05) is 18.5 Å². The number of carbonyl (C=O) groups is 1. The fraction of sp³-hybridized carbons (Fsp3) is 0.300. The molecule has 3 N–H and O–H groups in total. The lowest BCUT2D eigenvalue weighted by atomic mass is 10.2. The van der Waals surface area contributed by atoms with Crippen LogP contribution in [0.1, 0.15) is 5.56 Å². The van der Waals surface area contributed by atoms with Crippen LogP contribution < -0.4 is 10.6 Å². The molecule has 0 fully saturated rings. The van der Waals surface area contributed by atoms with Gasteiger partial charge in [-0.05, 0) is 17.7 Å². The van der Waals surface area contributed by atoms with Crippen molar-refractivity contribution >= 4 is 27.5 Å². The second-order valence-corrected chi connectivity index (χ2v) is 4.11. The molecule has 0 heterocycles. The molecule has 0 aliphatic carbocycles. The van der Waals surface area contributed by atoms with Gasteiger partial charge in [0, 0.05) is 17.2 Å². The largest absolute Gasteiger partial charge is 0.392 e. The number of nitrogens with zero attached hydrogens (tertiary/aromatic N) is 1. The van der Waals surface area contributed by atoms with E-state index in [2.05, 4.69) is 15.9 Å². The number of aliphatic hydroxyl groups is 1. The lowest BCUT2D eigenvalue weighted by Gasteiger charge is -2.18. The standard InChI is InChI=1S/C10H13BrN2O2/c1-13(5-10(12)15)8-3-2-7(6-14)9(11)4-8/h2-4,14H,5-6H2,1H3,(H2,12,15). The number of benzene rings is 1. The molecule has 0 saturated heterocycles. The van der Waals surface area contributed by atoms with E-state index in [1.807, 2.05) is 12.1 Å². The Morgan fingerprint density at radius 1 is 1.60 bits per heavy atom. The van der Waals surface area contributed by atoms with Gasteiger partial charge in [0.05, 0.1) is 13.2 Å². The van der Waals surface area contributed by atoms with Crippen molar-refractivity contribution in [3.8, 4) is 0 Å². The van der Waals surface area contributed by atoms with E-state index in [0.29, 0.717) is 0 Å². The first-order chi connectivity index (χ1) is 7.04. The highest BCUT2D eigenvalue weighted by molar-refractivity contribution is 9.10. The molecule has 0 aliphatic heterocycles. The number of nitrogens with two attached hydrogens (primary N) is 1. The number of hydrogen-bond donors (Lipinski definition) is 2. The SMILES string of the molecule is CN(CC(N)=O)c1ccc(CO)c(Br)c1. The number of rotatable bonds is 4. The Kier molecular flexibility index (Phi) is 4.11. The summed E-state index contributed by atoms with van der Waals surface area (Å²) in [5, 5.41) is 8.98. The van der Waals surface area contributed by atoms with Crippen molar-refractivity contribution in [1.29, 1.82) is 0 Å². The number of carbonyl (C=O) groups excluding carboxylic acids is 1. The average molecular weight is 273 g/mol. The zero-order chi connectivity index (χ0) is 11.4. The third kappa shape index (κ3) is 3.21. The van der Waals surface area contributed by atoms with Crippen molar-refractivity contribution in [3.63, 3.8) is 0 Å². The zero-order valence-corrected chi connectivity index (χ0v) is 9.99. The van der Waals surface area contributed by atoms with Gasteiger partial charge in [-0.3, -0.25) is 4.79 Å². The predicted octanol–water partition coefficient (Wildman–Crippen LogP) is 0.863. The van der Waals surface area contributed by atoms with E-state index < -0.39 is 0 Å². The van der Waals surface area contributed by atoms with Crippen LogP contribution in [0, 0.1) is 0 Å². The molecule has 5 heteroatoms. The van der Waals surface area contributed by atoms with Crippen LogP contribution in [0.25, 0.3) is 0 Å². The van der Waals surface area contributed by atoms with Crippen LogP contribution in [0.2, 0.25) is 0 Å². The molecule has 82 valence electrons. The molecule has 1 rings (SSSR count). The summed E-state index contributed by atoms with van der Waals surface area (Å²) >= 11 is 3.34. The van der Waals surface area contributed by atoms with E-state index in [1.165, 1.54) is 0 Å². The van der Waals surface area contributed by atoms with Crippen molar-refractivity contribution in [1.82, 2.24) is 0 Å².